The molecule has 0 aliphatic carbocycles. The van der Waals surface area contributed by atoms with E-state index in [2.05, 4.69) is 0 Å². The van der Waals surface area contributed by atoms with E-state index < -0.39 is 5.97 Å². The van der Waals surface area contributed by atoms with Crippen molar-refractivity contribution in [2.75, 3.05) is 12.0 Å². The quantitative estimate of drug-likeness (QED) is 0.306. The molecule has 1 heterocycles. The van der Waals surface area contributed by atoms with Crippen molar-refractivity contribution in [3.63, 3.8) is 0 Å². The Bertz CT molecular complexity index is 1310. The van der Waals surface area contributed by atoms with Gasteiger partial charge in [0.2, 0.25) is 0 Å². The molecule has 172 valence electrons. The minimum atomic E-state index is -1.04. The van der Waals surface area contributed by atoms with Gasteiger partial charge in [0.05, 0.1) is 23.3 Å². The van der Waals surface area contributed by atoms with Crippen LogP contribution in [0.3, 0.4) is 0 Å². The molecular weight excluding hydrogens is 494 g/mol. The summed E-state index contributed by atoms with van der Waals surface area (Å²) in [4.78, 5) is 25.9. The fraction of sp³-hybridized carbons (Fsp3) is 0.0800. The summed E-state index contributed by atoms with van der Waals surface area (Å²) in [5.41, 5.74) is 2.24. The number of carboxylic acids is 1. The molecular formula is C25H18ClNO5S2. The van der Waals surface area contributed by atoms with Gasteiger partial charge in [-0.1, -0.05) is 59.8 Å². The Morgan fingerprint density at radius 3 is 2.53 bits per heavy atom. The van der Waals surface area contributed by atoms with E-state index in [1.807, 2.05) is 24.3 Å². The van der Waals surface area contributed by atoms with E-state index in [-0.39, 0.29) is 18.1 Å². The van der Waals surface area contributed by atoms with E-state index in [0.717, 1.165) is 11.1 Å². The summed E-state index contributed by atoms with van der Waals surface area (Å²) in [6.07, 6.45) is 1.73. The molecule has 0 unspecified atom stereocenters. The number of hydrogen-bond acceptors (Lipinski definition) is 6. The lowest BCUT2D eigenvalue weighted by Gasteiger charge is -2.14. The zero-order valence-corrected chi connectivity index (χ0v) is 20.2. The van der Waals surface area contributed by atoms with E-state index in [9.17, 15) is 9.59 Å². The van der Waals surface area contributed by atoms with Gasteiger partial charge in [-0.2, -0.15) is 0 Å². The lowest BCUT2D eigenvalue weighted by atomic mass is 10.1. The van der Waals surface area contributed by atoms with E-state index >= 15 is 0 Å². The van der Waals surface area contributed by atoms with Crippen molar-refractivity contribution in [2.24, 2.45) is 0 Å². The molecule has 0 aromatic heterocycles. The van der Waals surface area contributed by atoms with Gasteiger partial charge in [-0.05, 0) is 54.1 Å². The molecule has 0 atom stereocenters. The zero-order chi connectivity index (χ0) is 24.2. The molecule has 1 fully saturated rings. The maximum Gasteiger partial charge on any atom is 0.335 e. The Morgan fingerprint density at radius 2 is 1.85 bits per heavy atom. The standard InChI is InChI=1S/C25H18ClNO5S2/c1-31-21-12-15(6-11-20(21)32-14-17-4-2-3-5-19(17)26)13-22-23(28)27(25(33)34-22)18-9-7-16(8-10-18)24(29)30/h2-13H,14H2,1H3,(H,29,30)/b22-13-. The number of carboxylic acid groups (broad SMARTS) is 1. The van der Waals surface area contributed by atoms with Crippen molar-refractivity contribution in [3.05, 3.63) is 93.3 Å². The van der Waals surface area contributed by atoms with Crippen LogP contribution < -0.4 is 14.4 Å². The molecule has 3 aromatic carbocycles. The number of halogens is 1. The van der Waals surface area contributed by atoms with Gasteiger partial charge in [0, 0.05) is 10.6 Å². The summed E-state index contributed by atoms with van der Waals surface area (Å²) in [5.74, 6) is -0.257. The summed E-state index contributed by atoms with van der Waals surface area (Å²) in [7, 11) is 1.54. The second kappa shape index (κ2) is 10.3. The average Bonchev–Trinajstić information content (AvgIpc) is 3.11. The number of carbonyl (C=O) groups is 2. The number of benzene rings is 3. The zero-order valence-electron chi connectivity index (χ0n) is 17.9. The van der Waals surface area contributed by atoms with E-state index in [0.29, 0.717) is 31.4 Å². The van der Waals surface area contributed by atoms with Gasteiger partial charge in [-0.15, -0.1) is 0 Å². The highest BCUT2D eigenvalue weighted by Crippen LogP contribution is 2.37. The number of amides is 1. The van der Waals surface area contributed by atoms with Gasteiger partial charge in [0.25, 0.3) is 5.91 Å². The molecule has 1 saturated heterocycles. The third-order valence-electron chi connectivity index (χ3n) is 4.99. The van der Waals surface area contributed by atoms with Crippen LogP contribution in [0.5, 0.6) is 11.5 Å². The molecule has 1 aliphatic rings. The highest BCUT2D eigenvalue weighted by atomic mass is 35.5. The number of anilines is 1. The molecule has 1 amide bonds. The number of thiocarbonyl (C=S) groups is 1. The number of rotatable bonds is 7. The van der Waals surface area contributed by atoms with Crippen LogP contribution >= 0.6 is 35.6 Å². The van der Waals surface area contributed by atoms with Crippen LogP contribution in [0, 0.1) is 0 Å². The molecule has 1 aliphatic heterocycles. The van der Waals surface area contributed by atoms with Gasteiger partial charge in [-0.25, -0.2) is 4.79 Å². The largest absolute Gasteiger partial charge is 0.493 e. The highest BCUT2D eigenvalue weighted by Gasteiger charge is 2.33. The van der Waals surface area contributed by atoms with Crippen LogP contribution in [0.1, 0.15) is 21.5 Å². The molecule has 0 radical (unpaired) electrons. The van der Waals surface area contributed by atoms with Crippen LogP contribution in [0.15, 0.2) is 71.6 Å². The number of ether oxygens (including phenoxy) is 2. The summed E-state index contributed by atoms with van der Waals surface area (Å²) in [6, 6.07) is 18.8. The van der Waals surface area contributed by atoms with Crippen molar-refractivity contribution >= 4 is 63.5 Å². The Kier molecular flexibility index (Phi) is 7.21. The number of aromatic carboxylic acids is 1. The van der Waals surface area contributed by atoms with Crippen LogP contribution in [-0.4, -0.2) is 28.4 Å². The van der Waals surface area contributed by atoms with Crippen LogP contribution in [-0.2, 0) is 11.4 Å². The highest BCUT2D eigenvalue weighted by molar-refractivity contribution is 8.27. The van der Waals surface area contributed by atoms with Crippen molar-refractivity contribution in [2.45, 2.75) is 6.61 Å². The fourth-order valence-corrected chi connectivity index (χ4v) is 4.75. The summed E-state index contributed by atoms with van der Waals surface area (Å²) in [6.45, 7) is 0.286. The first-order valence-corrected chi connectivity index (χ1v) is 11.6. The average molecular weight is 512 g/mol. The van der Waals surface area contributed by atoms with Gasteiger partial charge in [-0.3, -0.25) is 9.69 Å². The molecule has 34 heavy (non-hydrogen) atoms. The third-order valence-corrected chi connectivity index (χ3v) is 6.66. The molecule has 1 N–H and O–H groups in total. The molecule has 3 aromatic rings. The van der Waals surface area contributed by atoms with Crippen molar-refractivity contribution in [1.29, 1.82) is 0 Å². The minimum absolute atomic E-state index is 0.133. The maximum atomic E-state index is 13.0. The predicted molar refractivity (Wildman–Crippen MR) is 138 cm³/mol. The number of carbonyl (C=O) groups excluding carboxylic acids is 1. The fourth-order valence-electron chi connectivity index (χ4n) is 3.26. The van der Waals surface area contributed by atoms with Crippen molar-refractivity contribution < 1.29 is 24.2 Å². The van der Waals surface area contributed by atoms with Crippen LogP contribution in [0.2, 0.25) is 5.02 Å². The number of thioether (sulfide) groups is 1. The molecule has 9 heteroatoms. The second-order valence-corrected chi connectivity index (χ2v) is 9.24. The Balaban J connectivity index is 1.53. The second-order valence-electron chi connectivity index (χ2n) is 7.16. The number of methoxy groups -OCH3 is 1. The normalized spacial score (nSPS) is 14.5. The lowest BCUT2D eigenvalue weighted by molar-refractivity contribution is -0.113. The predicted octanol–water partition coefficient (Wildman–Crippen LogP) is 6.03. The number of hydrogen-bond donors (Lipinski definition) is 1. The molecule has 6 nitrogen and oxygen atoms in total. The summed E-state index contributed by atoms with van der Waals surface area (Å²) in [5, 5.41) is 9.70. The minimum Gasteiger partial charge on any atom is -0.493 e. The third kappa shape index (κ3) is 5.09. The first-order valence-electron chi connectivity index (χ1n) is 10.0. The Labute approximate surface area is 210 Å². The monoisotopic (exact) mass is 511 g/mol. The van der Waals surface area contributed by atoms with Gasteiger partial charge >= 0.3 is 5.97 Å². The van der Waals surface area contributed by atoms with Crippen LogP contribution in [0.25, 0.3) is 6.08 Å². The topological polar surface area (TPSA) is 76.1 Å². The van der Waals surface area contributed by atoms with Gasteiger partial charge in [0.1, 0.15) is 6.61 Å². The van der Waals surface area contributed by atoms with Gasteiger partial charge < -0.3 is 14.6 Å². The molecule has 0 bridgehead atoms. The van der Waals surface area contributed by atoms with Crippen molar-refractivity contribution in [3.8, 4) is 11.5 Å². The molecule has 4 rings (SSSR count). The Hall–Kier alpha value is -3.33. The van der Waals surface area contributed by atoms with Crippen LogP contribution in [0.4, 0.5) is 5.69 Å². The summed E-state index contributed by atoms with van der Waals surface area (Å²) >= 11 is 12.8. The molecule has 0 saturated carbocycles. The smallest absolute Gasteiger partial charge is 0.335 e. The first kappa shape index (κ1) is 23.8. The van der Waals surface area contributed by atoms with E-state index in [1.165, 1.54) is 28.8 Å². The Morgan fingerprint density at radius 1 is 1.12 bits per heavy atom. The van der Waals surface area contributed by atoms with E-state index in [4.69, 9.17) is 38.4 Å². The maximum absolute atomic E-state index is 13.0. The number of nitrogens with zero attached hydrogens (tertiary/aromatic N) is 1. The van der Waals surface area contributed by atoms with Gasteiger partial charge in [0.15, 0.2) is 15.8 Å². The van der Waals surface area contributed by atoms with E-state index in [1.54, 1.807) is 43.5 Å². The lowest BCUT2D eigenvalue weighted by Crippen LogP contribution is -2.27. The van der Waals surface area contributed by atoms with Crippen molar-refractivity contribution in [1.82, 2.24) is 0 Å². The summed E-state index contributed by atoms with van der Waals surface area (Å²) < 4.78 is 11.7. The molecule has 0 spiro atoms. The SMILES string of the molecule is COc1cc(/C=C2\SC(=S)N(c3ccc(C(=O)O)cc3)C2=O)ccc1OCc1ccccc1Cl. The first-order chi connectivity index (χ1) is 16.4.